The van der Waals surface area contributed by atoms with Crippen LogP contribution in [0.15, 0.2) is 58.5 Å². The quantitative estimate of drug-likeness (QED) is 0.444. The number of H-pyrrole nitrogens is 1. The van der Waals surface area contributed by atoms with Gasteiger partial charge in [-0.05, 0) is 36.4 Å². The molecule has 30 heavy (non-hydrogen) atoms. The first kappa shape index (κ1) is 21.0. The number of carbonyl (C=O) groups is 1. The number of nitriles is 1. The molecule has 8 nitrogen and oxygen atoms in total. The average molecular weight is 422 g/mol. The Kier molecular flexibility index (Phi) is 6.72. The standard InChI is InChI=1S/C21H18N4O4S/c1-28-15-8-6-13(7-9-15)19-17(11-22)20(27)25-21(24-19)30-12-18(26)23-14-4-3-5-16(10-14)29-2/h3-10H,12H2,1-2H3,(H,23,26)(H,24,25,27). The van der Waals surface area contributed by atoms with Gasteiger partial charge in [-0.3, -0.25) is 9.59 Å². The number of nitrogens with one attached hydrogen (secondary N) is 2. The number of anilines is 1. The van der Waals surface area contributed by atoms with Crippen LogP contribution in [0.25, 0.3) is 11.3 Å². The van der Waals surface area contributed by atoms with Crippen LogP contribution in [-0.4, -0.2) is 35.8 Å². The van der Waals surface area contributed by atoms with E-state index >= 15 is 0 Å². The molecule has 3 aromatic rings. The molecule has 1 heterocycles. The van der Waals surface area contributed by atoms with Gasteiger partial charge < -0.3 is 19.8 Å². The Balaban J connectivity index is 1.77. The number of rotatable bonds is 7. The number of methoxy groups -OCH3 is 2. The molecule has 3 rings (SSSR count). The summed E-state index contributed by atoms with van der Waals surface area (Å²) in [5.74, 6) is 1.02. The Bertz CT molecular complexity index is 1150. The second-order valence-corrected chi connectivity index (χ2v) is 6.97. The lowest BCUT2D eigenvalue weighted by atomic mass is 10.1. The molecular weight excluding hydrogens is 404 g/mol. The predicted molar refractivity (Wildman–Crippen MR) is 114 cm³/mol. The Labute approximate surface area is 176 Å². The molecule has 9 heteroatoms. The third-order valence-electron chi connectivity index (χ3n) is 4.07. The van der Waals surface area contributed by atoms with Gasteiger partial charge in [-0.1, -0.05) is 17.8 Å². The fourth-order valence-corrected chi connectivity index (χ4v) is 3.27. The third-order valence-corrected chi connectivity index (χ3v) is 4.94. The van der Waals surface area contributed by atoms with E-state index in [4.69, 9.17) is 9.47 Å². The van der Waals surface area contributed by atoms with E-state index in [1.54, 1.807) is 62.8 Å². The van der Waals surface area contributed by atoms with E-state index < -0.39 is 5.56 Å². The Morgan fingerprint density at radius 2 is 1.90 bits per heavy atom. The second kappa shape index (κ2) is 9.62. The zero-order valence-electron chi connectivity index (χ0n) is 16.3. The highest BCUT2D eigenvalue weighted by molar-refractivity contribution is 7.99. The first-order chi connectivity index (χ1) is 14.5. The summed E-state index contributed by atoms with van der Waals surface area (Å²) in [4.78, 5) is 31.5. The molecule has 152 valence electrons. The highest BCUT2D eigenvalue weighted by atomic mass is 32.2. The van der Waals surface area contributed by atoms with Gasteiger partial charge >= 0.3 is 0 Å². The zero-order chi connectivity index (χ0) is 21.5. The van der Waals surface area contributed by atoms with Crippen molar-refractivity contribution in [3.8, 4) is 28.8 Å². The Morgan fingerprint density at radius 1 is 1.17 bits per heavy atom. The van der Waals surface area contributed by atoms with Crippen molar-refractivity contribution in [1.29, 1.82) is 5.26 Å². The summed E-state index contributed by atoms with van der Waals surface area (Å²) in [6, 6.07) is 15.7. The summed E-state index contributed by atoms with van der Waals surface area (Å²) in [5.41, 5.74) is 0.792. The lowest BCUT2D eigenvalue weighted by molar-refractivity contribution is -0.113. The Hall–Kier alpha value is -3.77. The van der Waals surface area contributed by atoms with Crippen molar-refractivity contribution in [2.75, 3.05) is 25.3 Å². The number of amides is 1. The minimum atomic E-state index is -0.561. The summed E-state index contributed by atoms with van der Waals surface area (Å²) in [6.07, 6.45) is 0. The van der Waals surface area contributed by atoms with Crippen LogP contribution in [0.4, 0.5) is 5.69 Å². The SMILES string of the molecule is COc1ccc(-c2nc(SCC(=O)Nc3cccc(OC)c3)[nH]c(=O)c2C#N)cc1. The summed E-state index contributed by atoms with van der Waals surface area (Å²) in [5, 5.41) is 12.4. The van der Waals surface area contributed by atoms with Crippen LogP contribution in [0, 0.1) is 11.3 Å². The molecule has 0 aliphatic heterocycles. The molecule has 0 atom stereocenters. The lowest BCUT2D eigenvalue weighted by Gasteiger charge is -2.08. The molecule has 0 spiro atoms. The maximum absolute atomic E-state index is 12.3. The molecule has 0 saturated heterocycles. The van der Waals surface area contributed by atoms with Gasteiger partial charge in [-0.25, -0.2) is 4.98 Å². The minimum Gasteiger partial charge on any atom is -0.497 e. The molecule has 1 aromatic heterocycles. The number of hydrogen-bond donors (Lipinski definition) is 2. The topological polar surface area (TPSA) is 117 Å². The first-order valence-electron chi connectivity index (χ1n) is 8.79. The smallest absolute Gasteiger partial charge is 0.270 e. The molecule has 0 fully saturated rings. The van der Waals surface area contributed by atoms with Crippen molar-refractivity contribution in [3.05, 3.63) is 64.4 Å². The van der Waals surface area contributed by atoms with E-state index in [-0.39, 0.29) is 28.1 Å². The fraction of sp³-hybridized carbons (Fsp3) is 0.143. The van der Waals surface area contributed by atoms with Crippen molar-refractivity contribution >= 4 is 23.4 Å². The zero-order valence-corrected chi connectivity index (χ0v) is 17.1. The number of carbonyl (C=O) groups excluding carboxylic acids is 1. The van der Waals surface area contributed by atoms with Crippen LogP contribution >= 0.6 is 11.8 Å². The molecule has 0 aliphatic carbocycles. The molecule has 0 bridgehead atoms. The van der Waals surface area contributed by atoms with E-state index in [2.05, 4.69) is 15.3 Å². The van der Waals surface area contributed by atoms with Gasteiger partial charge in [0.25, 0.3) is 5.56 Å². The predicted octanol–water partition coefficient (Wildman–Crippen LogP) is 3.06. The van der Waals surface area contributed by atoms with Crippen LogP contribution in [0.2, 0.25) is 0 Å². The third kappa shape index (κ3) is 4.98. The van der Waals surface area contributed by atoms with Gasteiger partial charge in [0.2, 0.25) is 5.91 Å². The van der Waals surface area contributed by atoms with Crippen LogP contribution in [0.5, 0.6) is 11.5 Å². The molecule has 2 N–H and O–H groups in total. The van der Waals surface area contributed by atoms with Crippen LogP contribution in [-0.2, 0) is 4.79 Å². The number of hydrogen-bond acceptors (Lipinski definition) is 7. The molecule has 0 aliphatic rings. The average Bonchev–Trinajstić information content (AvgIpc) is 2.77. The largest absolute Gasteiger partial charge is 0.497 e. The summed E-state index contributed by atoms with van der Waals surface area (Å²) < 4.78 is 10.3. The van der Waals surface area contributed by atoms with Gasteiger partial charge in [-0.15, -0.1) is 0 Å². The lowest BCUT2D eigenvalue weighted by Crippen LogP contribution is -2.17. The second-order valence-electron chi connectivity index (χ2n) is 6.00. The number of benzene rings is 2. The number of aromatic amines is 1. The van der Waals surface area contributed by atoms with Gasteiger partial charge in [0.1, 0.15) is 23.1 Å². The Morgan fingerprint density at radius 3 is 2.57 bits per heavy atom. The van der Waals surface area contributed by atoms with Crippen molar-refractivity contribution in [1.82, 2.24) is 9.97 Å². The van der Waals surface area contributed by atoms with Crippen LogP contribution in [0.3, 0.4) is 0 Å². The molecule has 0 radical (unpaired) electrons. The van der Waals surface area contributed by atoms with Crippen LogP contribution < -0.4 is 20.3 Å². The van der Waals surface area contributed by atoms with Crippen molar-refractivity contribution in [2.45, 2.75) is 5.16 Å². The number of ether oxygens (including phenoxy) is 2. The summed E-state index contributed by atoms with van der Waals surface area (Å²) in [7, 11) is 3.09. The van der Waals surface area contributed by atoms with E-state index in [0.29, 0.717) is 22.7 Å². The van der Waals surface area contributed by atoms with Crippen molar-refractivity contribution < 1.29 is 14.3 Å². The number of thioether (sulfide) groups is 1. The number of aromatic nitrogens is 2. The van der Waals surface area contributed by atoms with Crippen molar-refractivity contribution in [3.63, 3.8) is 0 Å². The van der Waals surface area contributed by atoms with Crippen molar-refractivity contribution in [2.24, 2.45) is 0 Å². The summed E-state index contributed by atoms with van der Waals surface area (Å²) in [6.45, 7) is 0. The monoisotopic (exact) mass is 422 g/mol. The maximum atomic E-state index is 12.3. The van der Waals surface area contributed by atoms with Gasteiger partial charge in [-0.2, -0.15) is 5.26 Å². The molecule has 0 saturated carbocycles. The maximum Gasteiger partial charge on any atom is 0.270 e. The highest BCUT2D eigenvalue weighted by Crippen LogP contribution is 2.24. The number of nitrogens with zero attached hydrogens (tertiary/aromatic N) is 2. The summed E-state index contributed by atoms with van der Waals surface area (Å²) >= 11 is 1.06. The highest BCUT2D eigenvalue weighted by Gasteiger charge is 2.15. The fourth-order valence-electron chi connectivity index (χ4n) is 2.61. The van der Waals surface area contributed by atoms with E-state index in [1.807, 2.05) is 6.07 Å². The van der Waals surface area contributed by atoms with Crippen LogP contribution in [0.1, 0.15) is 5.56 Å². The van der Waals surface area contributed by atoms with E-state index in [1.165, 1.54) is 0 Å². The normalized spacial score (nSPS) is 10.2. The van der Waals surface area contributed by atoms with Gasteiger partial charge in [0.15, 0.2) is 5.16 Å². The first-order valence-corrected chi connectivity index (χ1v) is 9.78. The molecule has 2 aromatic carbocycles. The van der Waals surface area contributed by atoms with Gasteiger partial charge in [0, 0.05) is 17.3 Å². The van der Waals surface area contributed by atoms with E-state index in [0.717, 1.165) is 11.8 Å². The van der Waals surface area contributed by atoms with Gasteiger partial charge in [0.05, 0.1) is 25.7 Å². The minimum absolute atomic E-state index is 0.0219. The molecular formula is C21H18N4O4S. The molecule has 0 unspecified atom stereocenters. The molecule has 1 amide bonds. The van der Waals surface area contributed by atoms with E-state index in [9.17, 15) is 14.9 Å².